The third kappa shape index (κ3) is 1.81. The van der Waals surface area contributed by atoms with Crippen molar-refractivity contribution in [2.45, 2.75) is 6.92 Å². The SMILES string of the molecule is Cc1cc(C(=O)c2ccccc2F)co1. The Hall–Kier alpha value is -1.90. The molecule has 2 aromatic rings. The Morgan fingerprint density at radius 2 is 2.07 bits per heavy atom. The lowest BCUT2D eigenvalue weighted by molar-refractivity contribution is 0.103. The fourth-order valence-corrected chi connectivity index (χ4v) is 1.36. The zero-order valence-corrected chi connectivity index (χ0v) is 8.16. The highest BCUT2D eigenvalue weighted by molar-refractivity contribution is 6.09. The highest BCUT2D eigenvalue weighted by Crippen LogP contribution is 2.15. The zero-order chi connectivity index (χ0) is 10.8. The molecular weight excluding hydrogens is 195 g/mol. The van der Waals surface area contributed by atoms with Crippen molar-refractivity contribution in [1.82, 2.24) is 0 Å². The van der Waals surface area contributed by atoms with Crippen molar-refractivity contribution >= 4 is 5.78 Å². The monoisotopic (exact) mass is 204 g/mol. The standard InChI is InChI=1S/C12H9FO2/c1-8-6-9(7-15-8)12(14)10-4-2-3-5-11(10)13/h2-7H,1H3. The van der Waals surface area contributed by atoms with E-state index in [2.05, 4.69) is 0 Å². The number of hydrogen-bond donors (Lipinski definition) is 0. The lowest BCUT2D eigenvalue weighted by Crippen LogP contribution is -2.02. The first-order valence-electron chi connectivity index (χ1n) is 4.53. The molecule has 0 aliphatic heterocycles. The summed E-state index contributed by atoms with van der Waals surface area (Å²) in [5.74, 6) is -0.235. The molecule has 0 aliphatic carbocycles. The van der Waals surface area contributed by atoms with Crippen molar-refractivity contribution in [3.63, 3.8) is 0 Å². The van der Waals surface area contributed by atoms with Gasteiger partial charge in [-0.1, -0.05) is 12.1 Å². The van der Waals surface area contributed by atoms with E-state index in [1.54, 1.807) is 25.1 Å². The Morgan fingerprint density at radius 3 is 2.67 bits per heavy atom. The molecule has 0 saturated heterocycles. The number of halogens is 1. The first-order valence-corrected chi connectivity index (χ1v) is 4.53. The van der Waals surface area contributed by atoms with E-state index in [0.717, 1.165) is 0 Å². The molecule has 2 nitrogen and oxygen atoms in total. The predicted molar refractivity (Wildman–Crippen MR) is 53.3 cm³/mol. The molecule has 0 fully saturated rings. The number of ketones is 1. The summed E-state index contributed by atoms with van der Waals surface area (Å²) in [6.07, 6.45) is 1.34. The van der Waals surface area contributed by atoms with Crippen LogP contribution in [0.15, 0.2) is 41.0 Å². The molecule has 0 N–H and O–H groups in total. The van der Waals surface area contributed by atoms with E-state index in [1.807, 2.05) is 0 Å². The van der Waals surface area contributed by atoms with Crippen molar-refractivity contribution < 1.29 is 13.6 Å². The van der Waals surface area contributed by atoms with Crippen molar-refractivity contribution in [3.8, 4) is 0 Å². The fourth-order valence-electron chi connectivity index (χ4n) is 1.36. The van der Waals surface area contributed by atoms with E-state index >= 15 is 0 Å². The van der Waals surface area contributed by atoms with Gasteiger partial charge >= 0.3 is 0 Å². The van der Waals surface area contributed by atoms with Gasteiger partial charge in [0, 0.05) is 0 Å². The van der Waals surface area contributed by atoms with Crippen LogP contribution >= 0.6 is 0 Å². The molecule has 1 aromatic heterocycles. The van der Waals surface area contributed by atoms with Crippen LogP contribution in [0.1, 0.15) is 21.7 Å². The summed E-state index contributed by atoms with van der Waals surface area (Å²) in [6.45, 7) is 1.73. The number of benzene rings is 1. The van der Waals surface area contributed by atoms with E-state index in [-0.39, 0.29) is 11.3 Å². The van der Waals surface area contributed by atoms with Crippen LogP contribution < -0.4 is 0 Å². The zero-order valence-electron chi connectivity index (χ0n) is 8.16. The third-order valence-electron chi connectivity index (χ3n) is 2.11. The molecular formula is C12H9FO2. The summed E-state index contributed by atoms with van der Waals surface area (Å²) < 4.78 is 18.3. The molecule has 0 aliphatic rings. The van der Waals surface area contributed by atoms with Gasteiger partial charge in [-0.15, -0.1) is 0 Å². The number of rotatable bonds is 2. The van der Waals surface area contributed by atoms with Crippen LogP contribution in [0, 0.1) is 12.7 Å². The first-order chi connectivity index (χ1) is 7.18. The number of furan rings is 1. The molecule has 1 aromatic carbocycles. The molecule has 2 rings (SSSR count). The summed E-state index contributed by atoms with van der Waals surface area (Å²) in [4.78, 5) is 11.8. The van der Waals surface area contributed by atoms with Crippen LogP contribution in [-0.4, -0.2) is 5.78 Å². The molecule has 0 bridgehead atoms. The average Bonchev–Trinajstić information content (AvgIpc) is 2.65. The highest BCUT2D eigenvalue weighted by Gasteiger charge is 2.14. The summed E-state index contributed by atoms with van der Waals surface area (Å²) in [5.41, 5.74) is 0.441. The van der Waals surface area contributed by atoms with Crippen LogP contribution in [0.25, 0.3) is 0 Å². The first kappa shape index (κ1) is 9.65. The average molecular weight is 204 g/mol. The van der Waals surface area contributed by atoms with Gasteiger partial charge in [0.2, 0.25) is 0 Å². The van der Waals surface area contributed by atoms with Crippen molar-refractivity contribution in [2.75, 3.05) is 0 Å². The third-order valence-corrected chi connectivity index (χ3v) is 2.11. The normalized spacial score (nSPS) is 10.3. The second-order valence-corrected chi connectivity index (χ2v) is 3.26. The minimum absolute atomic E-state index is 0.0679. The van der Waals surface area contributed by atoms with E-state index < -0.39 is 5.82 Å². The Labute approximate surface area is 86.3 Å². The molecule has 76 valence electrons. The van der Waals surface area contributed by atoms with Crippen LogP contribution in [0.4, 0.5) is 4.39 Å². The summed E-state index contributed by atoms with van der Waals surface area (Å²) in [6, 6.07) is 7.49. The van der Waals surface area contributed by atoms with E-state index in [4.69, 9.17) is 4.42 Å². The number of carbonyl (C=O) groups excluding carboxylic acids is 1. The van der Waals surface area contributed by atoms with Gasteiger partial charge in [0.25, 0.3) is 0 Å². The lowest BCUT2D eigenvalue weighted by Gasteiger charge is -1.98. The quantitative estimate of drug-likeness (QED) is 0.704. The predicted octanol–water partition coefficient (Wildman–Crippen LogP) is 2.96. The van der Waals surface area contributed by atoms with Gasteiger partial charge in [0.15, 0.2) is 5.78 Å². The van der Waals surface area contributed by atoms with Gasteiger partial charge in [-0.2, -0.15) is 0 Å². The number of hydrogen-bond acceptors (Lipinski definition) is 2. The second kappa shape index (κ2) is 3.69. The van der Waals surface area contributed by atoms with Gasteiger partial charge < -0.3 is 4.42 Å². The van der Waals surface area contributed by atoms with Gasteiger partial charge in [0.1, 0.15) is 17.8 Å². The maximum atomic E-state index is 13.3. The molecule has 0 radical (unpaired) electrons. The minimum atomic E-state index is -0.513. The minimum Gasteiger partial charge on any atom is -0.469 e. The summed E-state index contributed by atoms with van der Waals surface area (Å²) in [5, 5.41) is 0. The van der Waals surface area contributed by atoms with Gasteiger partial charge in [-0.3, -0.25) is 4.79 Å². The molecule has 0 atom stereocenters. The van der Waals surface area contributed by atoms with Crippen molar-refractivity contribution in [1.29, 1.82) is 0 Å². The Morgan fingerprint density at radius 1 is 1.33 bits per heavy atom. The van der Waals surface area contributed by atoms with Gasteiger partial charge in [0.05, 0.1) is 11.1 Å². The smallest absolute Gasteiger partial charge is 0.199 e. The molecule has 0 amide bonds. The summed E-state index contributed by atoms with van der Waals surface area (Å²) >= 11 is 0. The summed E-state index contributed by atoms with van der Waals surface area (Å²) in [7, 11) is 0. The molecule has 15 heavy (non-hydrogen) atoms. The molecule has 3 heteroatoms. The van der Waals surface area contributed by atoms with Crippen LogP contribution in [0.5, 0.6) is 0 Å². The maximum Gasteiger partial charge on any atom is 0.199 e. The Kier molecular flexibility index (Phi) is 2.37. The van der Waals surface area contributed by atoms with E-state index in [1.165, 1.54) is 18.4 Å². The molecule has 0 spiro atoms. The largest absolute Gasteiger partial charge is 0.469 e. The number of aryl methyl sites for hydroxylation is 1. The van der Waals surface area contributed by atoms with Crippen LogP contribution in [-0.2, 0) is 0 Å². The van der Waals surface area contributed by atoms with Crippen molar-refractivity contribution in [2.24, 2.45) is 0 Å². The van der Waals surface area contributed by atoms with Crippen LogP contribution in [0.3, 0.4) is 0 Å². The molecule has 0 unspecified atom stereocenters. The fraction of sp³-hybridized carbons (Fsp3) is 0.0833. The van der Waals surface area contributed by atoms with Gasteiger partial charge in [-0.25, -0.2) is 4.39 Å². The second-order valence-electron chi connectivity index (χ2n) is 3.26. The lowest BCUT2D eigenvalue weighted by atomic mass is 10.1. The van der Waals surface area contributed by atoms with Crippen LogP contribution in [0.2, 0.25) is 0 Å². The molecule has 1 heterocycles. The highest BCUT2D eigenvalue weighted by atomic mass is 19.1. The van der Waals surface area contributed by atoms with E-state index in [0.29, 0.717) is 11.3 Å². The maximum absolute atomic E-state index is 13.3. The van der Waals surface area contributed by atoms with Crippen molar-refractivity contribution in [3.05, 3.63) is 59.3 Å². The number of carbonyl (C=O) groups is 1. The molecule has 0 saturated carbocycles. The Balaban J connectivity index is 2.41. The van der Waals surface area contributed by atoms with E-state index in [9.17, 15) is 9.18 Å². The topological polar surface area (TPSA) is 30.2 Å². The van der Waals surface area contributed by atoms with Gasteiger partial charge in [-0.05, 0) is 25.1 Å². The Bertz CT molecular complexity index is 500.